The van der Waals surface area contributed by atoms with Gasteiger partial charge in [0.05, 0.1) is 12.3 Å². The van der Waals surface area contributed by atoms with Crippen LogP contribution in [0.3, 0.4) is 0 Å². The Morgan fingerprint density at radius 1 is 1.17 bits per heavy atom. The minimum absolute atomic E-state index is 0.0591. The number of carbonyl (C=O) groups is 1. The number of anilines is 1. The number of benzene rings is 1. The van der Waals surface area contributed by atoms with Crippen LogP contribution >= 0.6 is 0 Å². The van der Waals surface area contributed by atoms with Crippen molar-refractivity contribution in [1.29, 1.82) is 0 Å². The number of nitrogens with one attached hydrogen (secondary N) is 1. The average molecular weight is 504 g/mol. The molecule has 1 atom stereocenters. The molecule has 1 aromatic carbocycles. The monoisotopic (exact) mass is 503 g/mol. The summed E-state index contributed by atoms with van der Waals surface area (Å²) < 4.78 is 28.9. The number of rotatable bonds is 7. The second-order valence-electron chi connectivity index (χ2n) is 8.23. The number of aliphatic imine (C=N–C) groups is 1. The Bertz CT molecular complexity index is 1330. The number of hydrogen-bond acceptors (Lipinski definition) is 8. The van der Waals surface area contributed by atoms with Crippen molar-refractivity contribution < 1.29 is 23.4 Å². The van der Waals surface area contributed by atoms with Gasteiger partial charge in [-0.05, 0) is 12.0 Å². The molecule has 0 unspecified atom stereocenters. The summed E-state index contributed by atoms with van der Waals surface area (Å²) in [6.07, 6.45) is 1.54. The van der Waals surface area contributed by atoms with Crippen LogP contribution in [0.4, 0.5) is 11.4 Å². The molecular formula is C22H29N7O5S. The Hall–Kier alpha value is -3.87. The molecule has 35 heavy (non-hydrogen) atoms. The van der Waals surface area contributed by atoms with Gasteiger partial charge in [0.2, 0.25) is 11.8 Å². The van der Waals surface area contributed by atoms with Gasteiger partial charge in [0, 0.05) is 28.2 Å². The van der Waals surface area contributed by atoms with E-state index in [4.69, 9.17) is 0 Å². The zero-order valence-electron chi connectivity index (χ0n) is 20.4. The smallest absolute Gasteiger partial charge is 0.276 e. The van der Waals surface area contributed by atoms with E-state index in [-0.39, 0.29) is 46.4 Å². The number of amides is 1. The fourth-order valence-electron chi connectivity index (χ4n) is 3.50. The van der Waals surface area contributed by atoms with Gasteiger partial charge >= 0.3 is 0 Å². The number of sulfonamides is 1. The molecule has 0 bridgehead atoms. The summed E-state index contributed by atoms with van der Waals surface area (Å²) in [6, 6.07) is 9.32. The number of aromatic nitrogens is 1. The van der Waals surface area contributed by atoms with Crippen molar-refractivity contribution in [3.8, 4) is 11.8 Å². The number of hydrogen-bond donors (Lipinski definition) is 3. The summed E-state index contributed by atoms with van der Waals surface area (Å²) in [5.74, 6) is -1.31. The van der Waals surface area contributed by atoms with Crippen LogP contribution in [0.5, 0.6) is 11.8 Å². The number of aromatic hydroxyl groups is 2. The third-order valence-corrected chi connectivity index (χ3v) is 5.83. The van der Waals surface area contributed by atoms with E-state index in [2.05, 4.69) is 19.8 Å². The molecule has 0 aliphatic carbocycles. The molecule has 1 amide bonds. The lowest BCUT2D eigenvalue weighted by atomic mass is 10.0. The highest BCUT2D eigenvalue weighted by Gasteiger charge is 2.36. The minimum Gasteiger partial charge on any atom is -0.493 e. The van der Waals surface area contributed by atoms with Crippen molar-refractivity contribution in [2.75, 3.05) is 32.7 Å². The molecule has 2 heterocycles. The van der Waals surface area contributed by atoms with Gasteiger partial charge in [-0.25, -0.2) is 18.4 Å². The van der Waals surface area contributed by atoms with E-state index in [1.165, 1.54) is 38.1 Å². The summed E-state index contributed by atoms with van der Waals surface area (Å²) in [4.78, 5) is 18.3. The number of amidine groups is 1. The first kappa shape index (κ1) is 25.7. The second kappa shape index (κ2) is 9.78. The molecule has 0 saturated heterocycles. The molecule has 0 radical (unpaired) electrons. The third kappa shape index (κ3) is 5.29. The molecule has 3 N–H and O–H groups in total. The maximum atomic E-state index is 12.7. The van der Waals surface area contributed by atoms with E-state index in [1.54, 1.807) is 0 Å². The van der Waals surface area contributed by atoms with Gasteiger partial charge in [-0.3, -0.25) is 9.36 Å². The van der Waals surface area contributed by atoms with Crippen molar-refractivity contribution in [3.05, 3.63) is 35.9 Å². The standard InChI is InChI=1S/C22H29N7O5S/c1-7-14(13-11-9-8-10-12-13)23-16-17(22(32)28(4)21(16)31)24-19-15(26-35(6,33)34)18(25-29(19)5)20(30)27(2)3/h8-12,14,23,31-32H,7H2,1-6H3/b24-19?,26-15+/t14-/m0/s1. The maximum absolute atomic E-state index is 12.7. The first-order valence-electron chi connectivity index (χ1n) is 10.7. The number of nitrogens with zero attached hydrogens (tertiary/aromatic N) is 6. The highest BCUT2D eigenvalue weighted by molar-refractivity contribution is 7.89. The van der Waals surface area contributed by atoms with Gasteiger partial charge in [-0.15, -0.1) is 0 Å². The van der Waals surface area contributed by atoms with Gasteiger partial charge in [0.15, 0.2) is 22.9 Å². The lowest BCUT2D eigenvalue weighted by molar-refractivity contribution is -0.121. The molecule has 13 heteroatoms. The largest absolute Gasteiger partial charge is 0.493 e. The Morgan fingerprint density at radius 2 is 1.80 bits per heavy atom. The van der Waals surface area contributed by atoms with Crippen LogP contribution in [-0.4, -0.2) is 83.7 Å². The van der Waals surface area contributed by atoms with Gasteiger partial charge in [-0.2, -0.15) is 9.50 Å². The Labute approximate surface area is 204 Å². The molecule has 188 valence electrons. The average Bonchev–Trinajstić information content (AvgIpc) is 3.20. The van der Waals surface area contributed by atoms with E-state index in [0.29, 0.717) is 6.42 Å². The van der Waals surface area contributed by atoms with E-state index in [0.717, 1.165) is 16.4 Å². The molecule has 1 aromatic heterocycles. The molecule has 3 rings (SSSR count). The second-order valence-corrected chi connectivity index (χ2v) is 9.87. The first-order valence-corrected chi connectivity index (χ1v) is 12.6. The Kier molecular flexibility index (Phi) is 7.19. The number of hydrazone groups is 1. The summed E-state index contributed by atoms with van der Waals surface area (Å²) in [5, 5.41) is 30.0. The topological polar surface area (TPSA) is 152 Å². The number of carbonyl (C=O) groups excluding carboxylic acids is 1. The van der Waals surface area contributed by atoms with Crippen LogP contribution in [0, 0.1) is 0 Å². The van der Waals surface area contributed by atoms with Crippen molar-refractivity contribution in [1.82, 2.24) is 14.5 Å². The minimum atomic E-state index is -3.93. The molecule has 0 saturated carbocycles. The van der Waals surface area contributed by atoms with Crippen molar-refractivity contribution in [3.63, 3.8) is 0 Å². The zero-order valence-corrected chi connectivity index (χ0v) is 21.2. The van der Waals surface area contributed by atoms with Crippen LogP contribution in [0.2, 0.25) is 0 Å². The fourth-order valence-corrected chi connectivity index (χ4v) is 4.00. The summed E-state index contributed by atoms with van der Waals surface area (Å²) >= 11 is 0. The predicted molar refractivity (Wildman–Crippen MR) is 135 cm³/mol. The zero-order chi connectivity index (χ0) is 26.1. The highest BCUT2D eigenvalue weighted by Crippen LogP contribution is 2.46. The van der Waals surface area contributed by atoms with Crippen LogP contribution in [0.25, 0.3) is 0 Å². The molecule has 2 aromatic rings. The molecule has 0 spiro atoms. The molecule has 12 nitrogen and oxygen atoms in total. The lowest BCUT2D eigenvalue weighted by Gasteiger charge is -2.19. The third-order valence-electron chi connectivity index (χ3n) is 5.31. The van der Waals surface area contributed by atoms with E-state index in [9.17, 15) is 23.4 Å². The normalized spacial score (nSPS) is 17.1. The summed E-state index contributed by atoms with van der Waals surface area (Å²) in [7, 11) is 1.98. The Balaban J connectivity index is 2.17. The SMILES string of the molecule is CC[C@H](Nc1c(N=C2/C(=N/S(C)(=O)=O)C(C(=O)N(C)C)=NN2C)c(O)n(C)c1O)c1ccccc1. The van der Waals surface area contributed by atoms with Gasteiger partial charge < -0.3 is 20.4 Å². The van der Waals surface area contributed by atoms with Gasteiger partial charge in [-0.1, -0.05) is 37.3 Å². The van der Waals surface area contributed by atoms with Crippen LogP contribution in [-0.2, 0) is 21.9 Å². The van der Waals surface area contributed by atoms with Crippen molar-refractivity contribution in [2.24, 2.45) is 21.5 Å². The van der Waals surface area contributed by atoms with E-state index >= 15 is 0 Å². The van der Waals surface area contributed by atoms with E-state index in [1.807, 2.05) is 37.3 Å². The van der Waals surface area contributed by atoms with Crippen LogP contribution in [0.15, 0.2) is 44.8 Å². The molecule has 1 aliphatic rings. The van der Waals surface area contributed by atoms with Crippen molar-refractivity contribution in [2.45, 2.75) is 19.4 Å². The first-order chi connectivity index (χ1) is 16.4. The highest BCUT2D eigenvalue weighted by atomic mass is 32.2. The van der Waals surface area contributed by atoms with Crippen molar-refractivity contribution >= 4 is 44.6 Å². The van der Waals surface area contributed by atoms with Crippen LogP contribution in [0.1, 0.15) is 24.9 Å². The Morgan fingerprint density at radius 3 is 2.34 bits per heavy atom. The van der Waals surface area contributed by atoms with E-state index < -0.39 is 15.9 Å². The molecule has 0 fully saturated rings. The molecular weight excluding hydrogens is 474 g/mol. The summed E-state index contributed by atoms with van der Waals surface area (Å²) in [6.45, 7) is 1.96. The molecule has 1 aliphatic heterocycles. The summed E-state index contributed by atoms with van der Waals surface area (Å²) in [5.41, 5.74) is 0.545. The fraction of sp³-hybridized carbons (Fsp3) is 0.364. The lowest BCUT2D eigenvalue weighted by Crippen LogP contribution is -2.36. The van der Waals surface area contributed by atoms with Gasteiger partial charge in [0.1, 0.15) is 5.69 Å². The van der Waals surface area contributed by atoms with Gasteiger partial charge in [0.25, 0.3) is 15.9 Å². The maximum Gasteiger partial charge on any atom is 0.276 e. The van der Waals surface area contributed by atoms with Crippen LogP contribution < -0.4 is 5.32 Å². The predicted octanol–water partition coefficient (Wildman–Crippen LogP) is 1.82. The quantitative estimate of drug-likeness (QED) is 0.521.